The topological polar surface area (TPSA) is 77.0 Å². The predicted octanol–water partition coefficient (Wildman–Crippen LogP) is 2.00. The molecule has 2 aromatic heterocycles. The molecule has 2 aromatic rings. The highest BCUT2D eigenvalue weighted by Gasteiger charge is 2.29. The van der Waals surface area contributed by atoms with Crippen LogP contribution in [0, 0.1) is 6.92 Å². The summed E-state index contributed by atoms with van der Waals surface area (Å²) in [6.45, 7) is 6.09. The summed E-state index contributed by atoms with van der Waals surface area (Å²) in [6, 6.07) is 1.79. The van der Waals surface area contributed by atoms with E-state index in [9.17, 15) is 4.79 Å². The van der Waals surface area contributed by atoms with Crippen LogP contribution in [0.3, 0.4) is 0 Å². The van der Waals surface area contributed by atoms with Crippen molar-refractivity contribution in [1.29, 1.82) is 0 Å². The van der Waals surface area contributed by atoms with Crippen LogP contribution in [0.1, 0.15) is 54.3 Å². The average molecular weight is 303 g/mol. The normalized spacial score (nSPS) is 18.6. The Morgan fingerprint density at radius 3 is 3.09 bits per heavy atom. The molecule has 0 radical (unpaired) electrons. The third-order valence-electron chi connectivity index (χ3n) is 3.91. The van der Waals surface area contributed by atoms with Crippen molar-refractivity contribution in [3.63, 3.8) is 0 Å². The molecule has 0 aliphatic carbocycles. The summed E-state index contributed by atoms with van der Waals surface area (Å²) in [7, 11) is 0. The summed E-state index contributed by atoms with van der Waals surface area (Å²) in [5.74, 6) is 1.37. The molecule has 0 saturated carbocycles. The van der Waals surface area contributed by atoms with E-state index >= 15 is 0 Å². The first kappa shape index (κ1) is 14.7. The molecule has 1 fully saturated rings. The molecule has 3 heterocycles. The summed E-state index contributed by atoms with van der Waals surface area (Å²) in [5.41, 5.74) is 0.510. The average Bonchev–Trinajstić information content (AvgIpc) is 3.16. The molecule has 1 saturated heterocycles. The zero-order valence-electron chi connectivity index (χ0n) is 13.0. The van der Waals surface area contributed by atoms with Crippen molar-refractivity contribution < 1.29 is 9.32 Å². The maximum absolute atomic E-state index is 12.6. The van der Waals surface area contributed by atoms with E-state index in [1.54, 1.807) is 13.0 Å². The molecule has 0 unspecified atom stereocenters. The van der Waals surface area contributed by atoms with Gasteiger partial charge in [0.15, 0.2) is 5.82 Å². The number of piperidine rings is 1. The van der Waals surface area contributed by atoms with Gasteiger partial charge in [-0.3, -0.25) is 9.48 Å². The van der Waals surface area contributed by atoms with Crippen LogP contribution >= 0.6 is 0 Å². The highest BCUT2D eigenvalue weighted by Crippen LogP contribution is 2.26. The largest absolute Gasteiger partial charge is 0.339 e. The van der Waals surface area contributed by atoms with Crippen molar-refractivity contribution in [1.82, 2.24) is 24.8 Å². The van der Waals surface area contributed by atoms with E-state index in [1.165, 1.54) is 0 Å². The summed E-state index contributed by atoms with van der Waals surface area (Å²) in [4.78, 5) is 18.7. The van der Waals surface area contributed by atoms with E-state index in [0.717, 1.165) is 32.4 Å². The van der Waals surface area contributed by atoms with Gasteiger partial charge in [0.25, 0.3) is 5.91 Å². The van der Waals surface area contributed by atoms with Gasteiger partial charge < -0.3 is 9.42 Å². The van der Waals surface area contributed by atoms with E-state index in [1.807, 2.05) is 15.8 Å². The first-order valence-corrected chi connectivity index (χ1v) is 7.80. The summed E-state index contributed by atoms with van der Waals surface area (Å²) in [5, 5.41) is 8.19. The smallest absolute Gasteiger partial charge is 0.274 e. The summed E-state index contributed by atoms with van der Waals surface area (Å²) in [6.07, 6.45) is 4.76. The number of amides is 1. The van der Waals surface area contributed by atoms with E-state index in [0.29, 0.717) is 24.0 Å². The van der Waals surface area contributed by atoms with Crippen LogP contribution in [0.2, 0.25) is 0 Å². The number of nitrogens with zero attached hydrogens (tertiary/aromatic N) is 5. The third-order valence-corrected chi connectivity index (χ3v) is 3.91. The van der Waals surface area contributed by atoms with E-state index in [-0.39, 0.29) is 11.8 Å². The maximum Gasteiger partial charge on any atom is 0.274 e. The number of aryl methyl sites for hydroxylation is 2. The molecule has 0 aromatic carbocycles. The molecule has 7 heteroatoms. The Morgan fingerprint density at radius 2 is 2.36 bits per heavy atom. The number of rotatable bonds is 4. The monoisotopic (exact) mass is 303 g/mol. The van der Waals surface area contributed by atoms with E-state index in [2.05, 4.69) is 22.2 Å². The Labute approximate surface area is 129 Å². The van der Waals surface area contributed by atoms with Gasteiger partial charge >= 0.3 is 0 Å². The molecule has 22 heavy (non-hydrogen) atoms. The van der Waals surface area contributed by atoms with Crippen LogP contribution in [-0.2, 0) is 6.54 Å². The number of hydrogen-bond donors (Lipinski definition) is 0. The summed E-state index contributed by atoms with van der Waals surface area (Å²) < 4.78 is 7.07. The number of aromatic nitrogens is 4. The Hall–Kier alpha value is -2.18. The van der Waals surface area contributed by atoms with Crippen LogP contribution < -0.4 is 0 Å². The molecule has 3 rings (SSSR count). The van der Waals surface area contributed by atoms with E-state index in [4.69, 9.17) is 4.52 Å². The molecule has 1 amide bonds. The fraction of sp³-hybridized carbons (Fsp3) is 0.600. The molecule has 1 aliphatic heterocycles. The van der Waals surface area contributed by atoms with Crippen molar-refractivity contribution >= 4 is 5.91 Å². The van der Waals surface area contributed by atoms with Gasteiger partial charge in [-0.2, -0.15) is 10.1 Å². The molecule has 0 N–H and O–H groups in total. The van der Waals surface area contributed by atoms with Gasteiger partial charge in [-0.15, -0.1) is 0 Å². The van der Waals surface area contributed by atoms with Crippen LogP contribution in [0.5, 0.6) is 0 Å². The minimum Gasteiger partial charge on any atom is -0.339 e. The van der Waals surface area contributed by atoms with Crippen LogP contribution in [0.25, 0.3) is 0 Å². The third kappa shape index (κ3) is 3.03. The molecule has 0 spiro atoms. The Kier molecular flexibility index (Phi) is 4.22. The molecule has 7 nitrogen and oxygen atoms in total. The molecule has 0 bridgehead atoms. The first-order valence-electron chi connectivity index (χ1n) is 7.80. The minimum absolute atomic E-state index is 0.0178. The van der Waals surface area contributed by atoms with Gasteiger partial charge in [-0.1, -0.05) is 12.1 Å². The lowest BCUT2D eigenvalue weighted by atomic mass is 9.97. The van der Waals surface area contributed by atoms with Crippen molar-refractivity contribution in [2.75, 3.05) is 13.1 Å². The fourth-order valence-corrected chi connectivity index (χ4v) is 2.83. The summed E-state index contributed by atoms with van der Waals surface area (Å²) >= 11 is 0. The predicted molar refractivity (Wildman–Crippen MR) is 79.4 cm³/mol. The van der Waals surface area contributed by atoms with Crippen LogP contribution in [0.15, 0.2) is 16.8 Å². The number of carbonyl (C=O) groups excluding carboxylic acids is 1. The van der Waals surface area contributed by atoms with Gasteiger partial charge in [0.2, 0.25) is 5.89 Å². The Morgan fingerprint density at radius 1 is 1.50 bits per heavy atom. The highest BCUT2D eigenvalue weighted by molar-refractivity contribution is 5.92. The van der Waals surface area contributed by atoms with Gasteiger partial charge in [0, 0.05) is 25.8 Å². The highest BCUT2D eigenvalue weighted by atomic mass is 16.5. The minimum atomic E-state index is -0.0178. The molecule has 1 aliphatic rings. The van der Waals surface area contributed by atoms with E-state index < -0.39 is 0 Å². The zero-order chi connectivity index (χ0) is 15.5. The Balaban J connectivity index is 1.69. The van der Waals surface area contributed by atoms with Crippen LogP contribution in [-0.4, -0.2) is 43.8 Å². The SMILES string of the molecule is CCCn1ccc(C(=O)N2CCC[C@@H](c3nc(C)no3)C2)n1. The van der Waals surface area contributed by atoms with Gasteiger partial charge in [-0.05, 0) is 32.3 Å². The van der Waals surface area contributed by atoms with Crippen molar-refractivity contribution in [2.45, 2.75) is 45.6 Å². The fourth-order valence-electron chi connectivity index (χ4n) is 2.83. The Bertz CT molecular complexity index is 648. The second-order valence-electron chi connectivity index (χ2n) is 5.73. The number of hydrogen-bond acceptors (Lipinski definition) is 5. The second-order valence-corrected chi connectivity index (χ2v) is 5.73. The zero-order valence-corrected chi connectivity index (χ0v) is 13.0. The van der Waals surface area contributed by atoms with Gasteiger partial charge in [0.05, 0.1) is 5.92 Å². The van der Waals surface area contributed by atoms with Crippen molar-refractivity contribution in [3.05, 3.63) is 29.7 Å². The molecule has 1 atom stereocenters. The van der Waals surface area contributed by atoms with Crippen LogP contribution in [0.4, 0.5) is 0 Å². The van der Waals surface area contributed by atoms with Crippen molar-refractivity contribution in [2.24, 2.45) is 0 Å². The number of carbonyl (C=O) groups is 1. The van der Waals surface area contributed by atoms with Crippen molar-refractivity contribution in [3.8, 4) is 0 Å². The second kappa shape index (κ2) is 6.29. The number of likely N-dealkylation sites (tertiary alicyclic amines) is 1. The molecular formula is C15H21N5O2. The standard InChI is InChI=1S/C15H21N5O2/c1-3-7-20-9-6-13(17-20)15(21)19-8-4-5-12(10-19)14-16-11(2)18-22-14/h6,9,12H,3-5,7-8,10H2,1-2H3/t12-/m1/s1. The first-order chi connectivity index (χ1) is 10.7. The lowest BCUT2D eigenvalue weighted by Gasteiger charge is -2.30. The van der Waals surface area contributed by atoms with Gasteiger partial charge in [-0.25, -0.2) is 0 Å². The lowest BCUT2D eigenvalue weighted by molar-refractivity contribution is 0.0688. The molecular weight excluding hydrogens is 282 g/mol. The molecule has 118 valence electrons. The maximum atomic E-state index is 12.6. The quantitative estimate of drug-likeness (QED) is 0.863. The van der Waals surface area contributed by atoms with Gasteiger partial charge in [0.1, 0.15) is 5.69 Å². The lowest BCUT2D eigenvalue weighted by Crippen LogP contribution is -2.39.